The van der Waals surface area contributed by atoms with Gasteiger partial charge in [-0.2, -0.15) is 0 Å². The predicted molar refractivity (Wildman–Crippen MR) is 71.2 cm³/mol. The molecule has 2 rings (SSSR count). The van der Waals surface area contributed by atoms with E-state index in [0.717, 1.165) is 6.42 Å². The number of rotatable bonds is 2. The van der Waals surface area contributed by atoms with E-state index in [-0.39, 0.29) is 17.6 Å². The van der Waals surface area contributed by atoms with Crippen molar-refractivity contribution in [1.29, 1.82) is 0 Å². The zero-order valence-electron chi connectivity index (χ0n) is 10.7. The van der Waals surface area contributed by atoms with Gasteiger partial charge in [-0.1, -0.05) is 0 Å². The number of carbonyl (C=O) groups excluding carboxylic acids is 1. The maximum Gasteiger partial charge on any atom is 0.253 e. The molecule has 0 saturated carbocycles. The summed E-state index contributed by atoms with van der Waals surface area (Å²) in [7, 11) is 0. The Hall–Kier alpha value is -1.75. The minimum atomic E-state index is -0.342. The summed E-state index contributed by atoms with van der Waals surface area (Å²) < 4.78 is 5.49. The number of nitrogens with one attached hydrogen (secondary N) is 1. The van der Waals surface area contributed by atoms with E-state index in [2.05, 4.69) is 5.32 Å². The Morgan fingerprint density at radius 2 is 2.22 bits per heavy atom. The lowest BCUT2D eigenvalue weighted by atomic mass is 9.94. The third kappa shape index (κ3) is 2.26. The summed E-state index contributed by atoms with van der Waals surface area (Å²) in [6.45, 7) is 4.60. The highest BCUT2D eigenvalue weighted by atomic mass is 16.5. The van der Waals surface area contributed by atoms with Crippen molar-refractivity contribution in [3.63, 3.8) is 0 Å². The third-order valence-corrected chi connectivity index (χ3v) is 3.61. The van der Waals surface area contributed by atoms with Gasteiger partial charge < -0.3 is 21.5 Å². The van der Waals surface area contributed by atoms with Crippen molar-refractivity contribution in [2.24, 2.45) is 0 Å². The second-order valence-electron chi connectivity index (χ2n) is 4.98. The average molecular weight is 249 g/mol. The van der Waals surface area contributed by atoms with Gasteiger partial charge in [-0.15, -0.1) is 0 Å². The van der Waals surface area contributed by atoms with Gasteiger partial charge in [-0.05, 0) is 38.5 Å². The molecule has 5 heteroatoms. The summed E-state index contributed by atoms with van der Waals surface area (Å²) in [5.41, 5.74) is 12.5. The summed E-state index contributed by atoms with van der Waals surface area (Å²) in [6, 6.07) is 4.90. The molecule has 1 aromatic rings. The number of nitrogens with two attached hydrogens (primary N) is 2. The lowest BCUT2D eigenvalue weighted by molar-refractivity contribution is 0.0728. The van der Waals surface area contributed by atoms with Crippen LogP contribution in [0.1, 0.15) is 30.6 Å². The van der Waals surface area contributed by atoms with Crippen LogP contribution < -0.4 is 16.8 Å². The molecule has 0 aliphatic carbocycles. The molecule has 1 amide bonds. The highest BCUT2D eigenvalue weighted by Crippen LogP contribution is 2.26. The van der Waals surface area contributed by atoms with Crippen molar-refractivity contribution in [2.45, 2.75) is 31.9 Å². The van der Waals surface area contributed by atoms with Crippen LogP contribution >= 0.6 is 0 Å². The van der Waals surface area contributed by atoms with Crippen molar-refractivity contribution in [3.05, 3.63) is 23.8 Å². The molecule has 18 heavy (non-hydrogen) atoms. The molecule has 1 aliphatic rings. The Balaban J connectivity index is 2.17. The fraction of sp³-hybridized carbons (Fsp3) is 0.462. The maximum absolute atomic E-state index is 12.2. The first kappa shape index (κ1) is 12.7. The van der Waals surface area contributed by atoms with Crippen LogP contribution in [-0.2, 0) is 4.74 Å². The highest BCUT2D eigenvalue weighted by molar-refractivity contribution is 6.00. The van der Waals surface area contributed by atoms with E-state index in [9.17, 15) is 4.79 Å². The van der Waals surface area contributed by atoms with Crippen molar-refractivity contribution >= 4 is 17.3 Å². The lowest BCUT2D eigenvalue weighted by Gasteiger charge is -2.29. The molecule has 1 fully saturated rings. The third-order valence-electron chi connectivity index (χ3n) is 3.61. The van der Waals surface area contributed by atoms with Gasteiger partial charge in [-0.3, -0.25) is 4.79 Å². The molecule has 2 unspecified atom stereocenters. The van der Waals surface area contributed by atoms with Gasteiger partial charge in [0.1, 0.15) is 0 Å². The van der Waals surface area contributed by atoms with Crippen LogP contribution in [0, 0.1) is 0 Å². The zero-order chi connectivity index (χ0) is 13.3. The molecule has 2 atom stereocenters. The van der Waals surface area contributed by atoms with Crippen LogP contribution in [0.25, 0.3) is 0 Å². The SMILES string of the molecule is CC1OCCC1(C)NC(=O)c1ccc(N)cc1N. The molecule has 1 aromatic carbocycles. The van der Waals surface area contributed by atoms with E-state index < -0.39 is 0 Å². The zero-order valence-corrected chi connectivity index (χ0v) is 10.7. The van der Waals surface area contributed by atoms with Gasteiger partial charge in [0.05, 0.1) is 17.2 Å². The van der Waals surface area contributed by atoms with Gasteiger partial charge in [-0.25, -0.2) is 0 Å². The number of amides is 1. The maximum atomic E-state index is 12.2. The molecule has 5 N–H and O–H groups in total. The smallest absolute Gasteiger partial charge is 0.253 e. The monoisotopic (exact) mass is 249 g/mol. The van der Waals surface area contributed by atoms with Crippen molar-refractivity contribution in [3.8, 4) is 0 Å². The Kier molecular flexibility index (Phi) is 3.17. The topological polar surface area (TPSA) is 90.4 Å². The number of ether oxygens (including phenoxy) is 1. The summed E-state index contributed by atoms with van der Waals surface area (Å²) in [5.74, 6) is -0.188. The standard InChI is InChI=1S/C13H19N3O2/c1-8-13(2,5-6-18-8)16-12(17)10-4-3-9(14)7-11(10)15/h3-4,7-8H,5-6,14-15H2,1-2H3,(H,16,17). The summed E-state index contributed by atoms with van der Waals surface area (Å²) in [5, 5.41) is 3.00. The minimum absolute atomic E-state index is 0.00328. The van der Waals surface area contributed by atoms with E-state index in [0.29, 0.717) is 23.5 Å². The van der Waals surface area contributed by atoms with Crippen molar-refractivity contribution in [1.82, 2.24) is 5.32 Å². The van der Waals surface area contributed by atoms with Gasteiger partial charge in [0.15, 0.2) is 0 Å². The van der Waals surface area contributed by atoms with Gasteiger partial charge in [0, 0.05) is 18.0 Å². The Morgan fingerprint density at radius 1 is 1.50 bits per heavy atom. The first-order valence-corrected chi connectivity index (χ1v) is 6.01. The molecule has 0 spiro atoms. The molecule has 0 radical (unpaired) electrons. The summed E-state index contributed by atoms with van der Waals surface area (Å²) >= 11 is 0. The predicted octanol–water partition coefficient (Wildman–Crippen LogP) is 1.15. The summed E-state index contributed by atoms with van der Waals surface area (Å²) in [4.78, 5) is 12.2. The van der Waals surface area contributed by atoms with Crippen LogP contribution in [-0.4, -0.2) is 24.2 Å². The molecule has 5 nitrogen and oxygen atoms in total. The van der Waals surface area contributed by atoms with E-state index in [1.54, 1.807) is 18.2 Å². The normalized spacial score (nSPS) is 27.1. The Bertz CT molecular complexity index is 475. The lowest BCUT2D eigenvalue weighted by Crippen LogP contribution is -2.50. The largest absolute Gasteiger partial charge is 0.399 e. The van der Waals surface area contributed by atoms with E-state index >= 15 is 0 Å². The fourth-order valence-corrected chi connectivity index (χ4v) is 2.11. The summed E-state index contributed by atoms with van der Waals surface area (Å²) in [6.07, 6.45) is 0.797. The van der Waals surface area contributed by atoms with Crippen molar-refractivity contribution < 1.29 is 9.53 Å². The Labute approximate surface area is 106 Å². The van der Waals surface area contributed by atoms with Crippen LogP contribution in [0.5, 0.6) is 0 Å². The second kappa shape index (κ2) is 4.49. The minimum Gasteiger partial charge on any atom is -0.399 e. The van der Waals surface area contributed by atoms with Crippen LogP contribution in [0.4, 0.5) is 11.4 Å². The molecule has 0 bridgehead atoms. The molecule has 1 heterocycles. The molecular formula is C13H19N3O2. The number of anilines is 2. The average Bonchev–Trinajstić information content (AvgIpc) is 2.58. The number of hydrogen-bond donors (Lipinski definition) is 3. The fourth-order valence-electron chi connectivity index (χ4n) is 2.11. The molecule has 1 saturated heterocycles. The first-order chi connectivity index (χ1) is 8.42. The molecular weight excluding hydrogens is 230 g/mol. The second-order valence-corrected chi connectivity index (χ2v) is 4.98. The number of nitrogen functional groups attached to an aromatic ring is 2. The molecule has 98 valence electrons. The quantitative estimate of drug-likeness (QED) is 0.686. The number of hydrogen-bond acceptors (Lipinski definition) is 4. The molecule has 0 aromatic heterocycles. The van der Waals surface area contributed by atoms with Crippen LogP contribution in [0.3, 0.4) is 0 Å². The Morgan fingerprint density at radius 3 is 2.78 bits per heavy atom. The van der Waals surface area contributed by atoms with Gasteiger partial charge >= 0.3 is 0 Å². The van der Waals surface area contributed by atoms with E-state index in [1.807, 2.05) is 13.8 Å². The highest BCUT2D eigenvalue weighted by Gasteiger charge is 2.38. The molecule has 1 aliphatic heterocycles. The van der Waals surface area contributed by atoms with Crippen LogP contribution in [0.2, 0.25) is 0 Å². The number of benzene rings is 1. The van der Waals surface area contributed by atoms with Gasteiger partial charge in [0.2, 0.25) is 0 Å². The van der Waals surface area contributed by atoms with E-state index in [1.165, 1.54) is 0 Å². The van der Waals surface area contributed by atoms with E-state index in [4.69, 9.17) is 16.2 Å². The van der Waals surface area contributed by atoms with Gasteiger partial charge in [0.25, 0.3) is 5.91 Å². The van der Waals surface area contributed by atoms with Crippen LogP contribution in [0.15, 0.2) is 18.2 Å². The van der Waals surface area contributed by atoms with Crippen molar-refractivity contribution in [2.75, 3.05) is 18.1 Å². The first-order valence-electron chi connectivity index (χ1n) is 6.01. The number of carbonyl (C=O) groups is 1.